The molecule has 1 saturated heterocycles. The number of nitrogens with zero attached hydrogens (tertiary/aromatic N) is 1. The molecular weight excluding hydrogens is 444 g/mol. The van der Waals surface area contributed by atoms with E-state index in [-0.39, 0.29) is 6.42 Å². The van der Waals surface area contributed by atoms with Crippen LogP contribution in [0.1, 0.15) is 63.0 Å². The first kappa shape index (κ1) is 23.7. The second-order valence-electron chi connectivity index (χ2n) is 9.14. The predicted molar refractivity (Wildman–Crippen MR) is 123 cm³/mol. The topological polar surface area (TPSA) is 103 Å². The van der Waals surface area contributed by atoms with Crippen molar-refractivity contribution in [1.29, 1.82) is 0 Å². The molecule has 2 unspecified atom stereocenters. The Hall–Kier alpha value is -2.41. The highest BCUT2D eigenvalue weighted by Gasteiger charge is 2.47. The zero-order valence-corrected chi connectivity index (χ0v) is 19.8. The van der Waals surface area contributed by atoms with Gasteiger partial charge in [0, 0.05) is 43.6 Å². The third-order valence-corrected chi connectivity index (χ3v) is 8.27. The highest BCUT2D eigenvalue weighted by atomic mass is 32.2. The number of carbonyl (C=O) groups is 1. The smallest absolute Gasteiger partial charge is 0.264 e. The van der Waals surface area contributed by atoms with Crippen LogP contribution in [0.4, 0.5) is 0 Å². The number of ether oxygens (including phenoxy) is 1. The molecule has 1 N–H and O–H groups in total. The van der Waals surface area contributed by atoms with Crippen molar-refractivity contribution in [3.8, 4) is 11.8 Å². The van der Waals surface area contributed by atoms with Crippen molar-refractivity contribution in [2.24, 2.45) is 11.1 Å². The summed E-state index contributed by atoms with van der Waals surface area (Å²) in [7, 11) is -3.78. The van der Waals surface area contributed by atoms with E-state index in [0.29, 0.717) is 31.1 Å². The Morgan fingerprint density at radius 1 is 1.24 bits per heavy atom. The summed E-state index contributed by atoms with van der Waals surface area (Å²) in [6.07, 6.45) is 5.15. The van der Waals surface area contributed by atoms with Crippen LogP contribution in [-0.4, -0.2) is 50.0 Å². The number of carbonyl (C=O) groups excluding carboxylic acids is 1. The van der Waals surface area contributed by atoms with Gasteiger partial charge < -0.3 is 9.57 Å². The highest BCUT2D eigenvalue weighted by molar-refractivity contribution is 7.92. The molecule has 1 aromatic carbocycles. The number of nitrogens with one attached hydrogen (secondary N) is 1. The summed E-state index contributed by atoms with van der Waals surface area (Å²) < 4.78 is 28.9. The molecule has 0 bridgehead atoms. The molecule has 33 heavy (non-hydrogen) atoms. The Kier molecular flexibility index (Phi) is 7.07. The number of oxime groups is 1. The quantitative estimate of drug-likeness (QED) is 0.481. The number of amides is 1. The van der Waals surface area contributed by atoms with Gasteiger partial charge in [-0.1, -0.05) is 29.1 Å². The van der Waals surface area contributed by atoms with Crippen molar-refractivity contribution in [1.82, 2.24) is 5.48 Å². The van der Waals surface area contributed by atoms with E-state index in [9.17, 15) is 13.2 Å². The molecule has 3 atom stereocenters. The van der Waals surface area contributed by atoms with Crippen LogP contribution >= 0.6 is 0 Å². The van der Waals surface area contributed by atoms with Crippen LogP contribution in [0.3, 0.4) is 0 Å². The Morgan fingerprint density at radius 3 is 2.64 bits per heavy atom. The van der Waals surface area contributed by atoms with Gasteiger partial charge in [0.2, 0.25) is 0 Å². The molecule has 4 rings (SSSR count). The lowest BCUT2D eigenvalue weighted by Crippen LogP contribution is -2.52. The van der Waals surface area contributed by atoms with E-state index >= 15 is 0 Å². The molecule has 1 aromatic rings. The molecule has 3 aliphatic rings. The van der Waals surface area contributed by atoms with Gasteiger partial charge in [0.1, 0.15) is 6.10 Å². The molecule has 0 aromatic heterocycles. The number of hydrogen-bond acceptors (Lipinski definition) is 7. The SMILES string of the molecule is C[C@@](CC1CC(c2ccc(C#CC3CC3)cc2)=NO1)(C(=O)NOC1CCCCO1)S(C)(=O)=O. The average Bonchev–Trinajstić information content (AvgIpc) is 3.53. The Bertz CT molecular complexity index is 1060. The molecule has 2 aliphatic heterocycles. The van der Waals surface area contributed by atoms with Gasteiger partial charge in [-0.2, -0.15) is 0 Å². The third kappa shape index (κ3) is 5.94. The van der Waals surface area contributed by atoms with Gasteiger partial charge in [0.05, 0.1) is 5.71 Å². The van der Waals surface area contributed by atoms with Crippen LogP contribution in [-0.2, 0) is 29.0 Å². The Morgan fingerprint density at radius 2 is 2.00 bits per heavy atom. The fourth-order valence-corrected chi connectivity index (χ4v) is 4.61. The van der Waals surface area contributed by atoms with Gasteiger partial charge in [0.25, 0.3) is 5.91 Å². The minimum atomic E-state index is -3.78. The summed E-state index contributed by atoms with van der Waals surface area (Å²) in [5.41, 5.74) is 4.85. The summed E-state index contributed by atoms with van der Waals surface area (Å²) in [5.74, 6) is 6.21. The van der Waals surface area contributed by atoms with E-state index in [1.165, 1.54) is 19.8 Å². The van der Waals surface area contributed by atoms with Gasteiger partial charge in [-0.15, -0.1) is 0 Å². The lowest BCUT2D eigenvalue weighted by Gasteiger charge is -2.29. The molecule has 0 spiro atoms. The van der Waals surface area contributed by atoms with E-state index in [1.54, 1.807) is 0 Å². The average molecular weight is 475 g/mol. The zero-order chi connectivity index (χ0) is 23.5. The molecule has 178 valence electrons. The first-order chi connectivity index (χ1) is 15.7. The van der Waals surface area contributed by atoms with E-state index in [4.69, 9.17) is 14.4 Å². The van der Waals surface area contributed by atoms with Crippen molar-refractivity contribution in [3.05, 3.63) is 35.4 Å². The first-order valence-corrected chi connectivity index (χ1v) is 13.3. The molecule has 2 heterocycles. The molecule has 2 fully saturated rings. The van der Waals surface area contributed by atoms with Crippen LogP contribution in [0.5, 0.6) is 0 Å². The number of sulfone groups is 1. The molecule has 9 heteroatoms. The van der Waals surface area contributed by atoms with Gasteiger partial charge in [-0.25, -0.2) is 18.7 Å². The number of rotatable bonds is 7. The van der Waals surface area contributed by atoms with Crippen LogP contribution in [0, 0.1) is 17.8 Å². The summed E-state index contributed by atoms with van der Waals surface area (Å²) in [4.78, 5) is 23.7. The highest BCUT2D eigenvalue weighted by Crippen LogP contribution is 2.30. The maximum atomic E-state index is 12.9. The molecular formula is C24H30N2O6S. The minimum absolute atomic E-state index is 0.0511. The summed E-state index contributed by atoms with van der Waals surface area (Å²) in [6.45, 7) is 1.94. The van der Waals surface area contributed by atoms with Gasteiger partial charge in [-0.3, -0.25) is 4.79 Å². The monoisotopic (exact) mass is 474 g/mol. The first-order valence-electron chi connectivity index (χ1n) is 11.4. The van der Waals surface area contributed by atoms with Crippen molar-refractivity contribution in [2.45, 2.75) is 69.0 Å². The number of hydroxylamine groups is 1. The van der Waals surface area contributed by atoms with E-state index in [1.807, 2.05) is 24.3 Å². The predicted octanol–water partition coefficient (Wildman–Crippen LogP) is 2.71. The van der Waals surface area contributed by atoms with Crippen molar-refractivity contribution in [2.75, 3.05) is 12.9 Å². The van der Waals surface area contributed by atoms with Crippen LogP contribution in [0.15, 0.2) is 29.4 Å². The normalized spacial score (nSPS) is 24.6. The fraction of sp³-hybridized carbons (Fsp3) is 0.583. The van der Waals surface area contributed by atoms with Crippen LogP contribution in [0.25, 0.3) is 0 Å². The van der Waals surface area contributed by atoms with E-state index in [2.05, 4.69) is 22.5 Å². The number of hydrogen-bond donors (Lipinski definition) is 1. The molecule has 0 radical (unpaired) electrons. The maximum Gasteiger partial charge on any atom is 0.264 e. The third-order valence-electron chi connectivity index (χ3n) is 6.29. The lowest BCUT2D eigenvalue weighted by molar-refractivity contribution is -0.201. The molecule has 1 saturated carbocycles. The van der Waals surface area contributed by atoms with Crippen molar-refractivity contribution < 1.29 is 27.6 Å². The van der Waals surface area contributed by atoms with Gasteiger partial charge in [-0.05, 0) is 50.3 Å². The fourth-order valence-electron chi connectivity index (χ4n) is 3.75. The number of benzene rings is 1. The van der Waals surface area contributed by atoms with Gasteiger partial charge >= 0.3 is 0 Å². The molecule has 1 amide bonds. The zero-order valence-electron chi connectivity index (χ0n) is 19.0. The molecule has 8 nitrogen and oxygen atoms in total. The Balaban J connectivity index is 1.36. The van der Waals surface area contributed by atoms with Gasteiger partial charge in [0.15, 0.2) is 20.9 Å². The second-order valence-corrected chi connectivity index (χ2v) is 11.6. The van der Waals surface area contributed by atoms with Crippen molar-refractivity contribution in [3.63, 3.8) is 0 Å². The van der Waals surface area contributed by atoms with E-state index in [0.717, 1.165) is 30.2 Å². The van der Waals surface area contributed by atoms with Crippen LogP contribution < -0.4 is 5.48 Å². The standard InChI is InChI=1S/C24H30N2O6S/c1-24(33(2,28)29,23(27)26-32-22-5-3-4-14-30-22)16-20-15-21(25-31-20)19-12-10-18(11-13-19)9-8-17-6-7-17/h10-13,17,20,22H,3-7,14-16H2,1-2H3,(H,26,27)/t20?,22?,24-/m1/s1. The minimum Gasteiger partial charge on any atom is -0.392 e. The largest absolute Gasteiger partial charge is 0.392 e. The molecule has 1 aliphatic carbocycles. The van der Waals surface area contributed by atoms with Crippen molar-refractivity contribution >= 4 is 21.5 Å². The summed E-state index contributed by atoms with van der Waals surface area (Å²) in [6, 6.07) is 7.75. The lowest BCUT2D eigenvalue weighted by atomic mass is 9.96. The Labute approximate surface area is 194 Å². The second kappa shape index (κ2) is 9.84. The summed E-state index contributed by atoms with van der Waals surface area (Å²) >= 11 is 0. The van der Waals surface area contributed by atoms with E-state index < -0.39 is 32.9 Å². The summed E-state index contributed by atoms with van der Waals surface area (Å²) in [5, 5.41) is 4.15. The maximum absolute atomic E-state index is 12.9. The van der Waals surface area contributed by atoms with Crippen LogP contribution in [0.2, 0.25) is 0 Å².